The Morgan fingerprint density at radius 3 is 1.80 bits per heavy atom. The third-order valence-electron chi connectivity index (χ3n) is 2.21. The summed E-state index contributed by atoms with van der Waals surface area (Å²) in [6.07, 6.45) is 12.8. The Labute approximate surface area is 104 Å². The molecule has 0 N–H and O–H groups in total. The first-order chi connectivity index (χ1) is 7.33. The molecule has 15 heavy (non-hydrogen) atoms. The second-order valence-electron chi connectivity index (χ2n) is 3.84. The topological polar surface area (TPSA) is 0 Å². The van der Waals surface area contributed by atoms with Crippen LogP contribution in [-0.4, -0.2) is 15.4 Å². The van der Waals surface area contributed by atoms with Gasteiger partial charge in [0.15, 0.2) is 0 Å². The summed E-state index contributed by atoms with van der Waals surface area (Å²) in [4.78, 5) is 0. The zero-order valence-electron chi connectivity index (χ0n) is 11.1. The summed E-state index contributed by atoms with van der Waals surface area (Å²) in [7, 11) is 0. The summed E-state index contributed by atoms with van der Waals surface area (Å²) >= 11 is 0.0146. The normalized spacial score (nSPS) is 9.80. The van der Waals surface area contributed by atoms with E-state index in [2.05, 4.69) is 33.4 Å². The summed E-state index contributed by atoms with van der Waals surface area (Å²) in [6, 6.07) is 0. The van der Waals surface area contributed by atoms with E-state index in [0.29, 0.717) is 0 Å². The summed E-state index contributed by atoms with van der Waals surface area (Å²) < 4.78 is 0. The molecular weight excluding hydrogens is 241 g/mol. The molecule has 0 unspecified atom stereocenters. The van der Waals surface area contributed by atoms with Crippen LogP contribution in [0.3, 0.4) is 0 Å². The van der Waals surface area contributed by atoms with Gasteiger partial charge in [-0.3, -0.25) is 0 Å². The minimum absolute atomic E-state index is 0.0146. The van der Waals surface area contributed by atoms with Crippen LogP contribution in [0.5, 0.6) is 0 Å². The van der Waals surface area contributed by atoms with Gasteiger partial charge in [0.25, 0.3) is 0 Å². The minimum atomic E-state index is 0.0146. The quantitative estimate of drug-likeness (QED) is 0.340. The van der Waals surface area contributed by atoms with E-state index < -0.39 is 0 Å². The van der Waals surface area contributed by atoms with Crippen molar-refractivity contribution in [2.75, 3.05) is 0 Å². The van der Waals surface area contributed by atoms with E-state index in [1.165, 1.54) is 25.7 Å². The van der Waals surface area contributed by atoms with Crippen molar-refractivity contribution in [3.8, 4) is 0 Å². The molecule has 0 nitrogen and oxygen atoms in total. The molecule has 0 atom stereocenters. The fraction of sp³-hybridized carbons (Fsp3) is 0.714. The van der Waals surface area contributed by atoms with Crippen LogP contribution < -0.4 is 0 Å². The molecule has 0 spiro atoms. The predicted octanol–water partition coefficient (Wildman–Crippen LogP) is 4.73. The van der Waals surface area contributed by atoms with Gasteiger partial charge in [-0.25, -0.2) is 0 Å². The van der Waals surface area contributed by atoms with Crippen LogP contribution in [-0.2, 0) is 0 Å². The van der Waals surface area contributed by atoms with Crippen LogP contribution in [0.25, 0.3) is 0 Å². The third-order valence-corrected chi connectivity index (χ3v) is 6.41. The van der Waals surface area contributed by atoms with Crippen molar-refractivity contribution in [1.29, 1.82) is 0 Å². The molecule has 0 aromatic carbocycles. The van der Waals surface area contributed by atoms with E-state index in [1.807, 2.05) is 6.08 Å². The van der Waals surface area contributed by atoms with Crippen LogP contribution in [0, 0.1) is 0 Å². The van der Waals surface area contributed by atoms with E-state index in [9.17, 15) is 0 Å². The Kier molecular flexibility index (Phi) is 22.7. The Morgan fingerprint density at radius 2 is 1.53 bits per heavy atom. The van der Waals surface area contributed by atoms with Crippen molar-refractivity contribution < 1.29 is 0 Å². The number of hydrogen-bond acceptors (Lipinski definition) is 0. The Hall–Kier alpha value is 0.0229. The molecule has 0 aliphatic rings. The van der Waals surface area contributed by atoms with Gasteiger partial charge in [-0.2, -0.15) is 0 Å². The second kappa shape index (κ2) is 19.6. The molecule has 0 saturated carbocycles. The SMILES string of the molecule is C=CC=CCC.CCC[CH2][GeH2][CH2]CCC. The molecule has 0 bridgehead atoms. The Balaban J connectivity index is 0. The Bertz CT molecular complexity index is 121. The van der Waals surface area contributed by atoms with Gasteiger partial charge < -0.3 is 0 Å². The second-order valence-corrected chi connectivity index (χ2v) is 8.29. The van der Waals surface area contributed by atoms with Crippen molar-refractivity contribution in [3.05, 3.63) is 24.8 Å². The number of allylic oxidation sites excluding steroid dienone is 3. The molecule has 0 aliphatic heterocycles. The van der Waals surface area contributed by atoms with Gasteiger partial charge in [-0.15, -0.1) is 0 Å². The van der Waals surface area contributed by atoms with Crippen molar-refractivity contribution in [3.63, 3.8) is 0 Å². The van der Waals surface area contributed by atoms with Gasteiger partial charge in [-0.1, -0.05) is 31.7 Å². The maximum atomic E-state index is 3.51. The first-order valence-corrected chi connectivity index (χ1v) is 10.8. The molecule has 0 saturated heterocycles. The molecule has 0 amide bonds. The van der Waals surface area contributed by atoms with Gasteiger partial charge in [-0.05, 0) is 6.42 Å². The molecule has 0 fully saturated rings. The summed E-state index contributed by atoms with van der Waals surface area (Å²) in [6.45, 7) is 10.2. The number of rotatable bonds is 8. The van der Waals surface area contributed by atoms with Gasteiger partial charge in [0.1, 0.15) is 0 Å². The molecular formula is C14H30Ge. The van der Waals surface area contributed by atoms with Crippen molar-refractivity contribution in [1.82, 2.24) is 0 Å². The third kappa shape index (κ3) is 24.9. The molecule has 0 aromatic heterocycles. The first-order valence-electron chi connectivity index (χ1n) is 6.60. The summed E-state index contributed by atoms with van der Waals surface area (Å²) in [5.41, 5.74) is 0. The maximum absolute atomic E-state index is 3.51. The van der Waals surface area contributed by atoms with Crippen LogP contribution in [0.1, 0.15) is 52.9 Å². The molecule has 0 radical (unpaired) electrons. The standard InChI is InChI=1S/C8H20Ge.C6H10/c1-3-5-7-9-8-6-4-2;1-3-5-6-4-2/h3-9H2,1-2H3;3,5-6H,1,4H2,2H3. The molecule has 0 aromatic rings. The van der Waals surface area contributed by atoms with E-state index in [1.54, 1.807) is 16.6 Å². The van der Waals surface area contributed by atoms with E-state index in [0.717, 1.165) is 6.42 Å². The number of unbranched alkanes of at least 4 members (excludes halogenated alkanes) is 2. The molecule has 0 aliphatic carbocycles. The van der Waals surface area contributed by atoms with Gasteiger partial charge in [0, 0.05) is 0 Å². The van der Waals surface area contributed by atoms with Gasteiger partial charge in [0.05, 0.1) is 0 Å². The monoisotopic (exact) mass is 272 g/mol. The molecule has 0 heterocycles. The average molecular weight is 271 g/mol. The summed E-state index contributed by atoms with van der Waals surface area (Å²) in [5, 5.41) is 3.28. The molecule has 1 heteroatoms. The fourth-order valence-corrected chi connectivity index (χ4v) is 5.59. The summed E-state index contributed by atoms with van der Waals surface area (Å²) in [5.74, 6) is 0. The zero-order valence-corrected chi connectivity index (χ0v) is 14.1. The van der Waals surface area contributed by atoms with E-state index in [-0.39, 0.29) is 15.4 Å². The molecule has 0 rings (SSSR count). The van der Waals surface area contributed by atoms with Crippen LogP contribution >= 0.6 is 0 Å². The number of hydrogen-bond donors (Lipinski definition) is 0. The van der Waals surface area contributed by atoms with Crippen molar-refractivity contribution in [2.45, 2.75) is 63.4 Å². The fourth-order valence-electron chi connectivity index (χ4n) is 1.26. The van der Waals surface area contributed by atoms with Gasteiger partial charge in [0.2, 0.25) is 0 Å². The zero-order chi connectivity index (χ0) is 11.8. The van der Waals surface area contributed by atoms with E-state index >= 15 is 0 Å². The Morgan fingerprint density at radius 1 is 1.00 bits per heavy atom. The predicted molar refractivity (Wildman–Crippen MR) is 77.6 cm³/mol. The van der Waals surface area contributed by atoms with Crippen molar-refractivity contribution in [2.24, 2.45) is 0 Å². The van der Waals surface area contributed by atoms with Gasteiger partial charge >= 0.3 is 65.5 Å². The van der Waals surface area contributed by atoms with Crippen molar-refractivity contribution >= 4 is 15.4 Å². The first kappa shape index (κ1) is 17.4. The molecule has 90 valence electrons. The van der Waals surface area contributed by atoms with E-state index in [4.69, 9.17) is 0 Å². The average Bonchev–Trinajstić information content (AvgIpc) is 2.27. The van der Waals surface area contributed by atoms with Crippen LogP contribution in [0.4, 0.5) is 0 Å². The van der Waals surface area contributed by atoms with Crippen LogP contribution in [0.15, 0.2) is 24.8 Å². The van der Waals surface area contributed by atoms with Crippen LogP contribution in [0.2, 0.25) is 10.5 Å².